The van der Waals surface area contributed by atoms with Crippen molar-refractivity contribution in [2.45, 2.75) is 26.1 Å². The molecule has 0 spiro atoms. The highest BCUT2D eigenvalue weighted by Gasteiger charge is 2.31. The van der Waals surface area contributed by atoms with Crippen LogP contribution in [0.2, 0.25) is 5.02 Å². The van der Waals surface area contributed by atoms with Crippen LogP contribution >= 0.6 is 11.6 Å². The summed E-state index contributed by atoms with van der Waals surface area (Å²) >= 11 is 6.22. The minimum atomic E-state index is -0.853. The number of amides is 2. The molecule has 2 amide bonds. The van der Waals surface area contributed by atoms with Gasteiger partial charge in [0.05, 0.1) is 5.02 Å². The first-order valence-corrected chi connectivity index (χ1v) is 12.5. The highest BCUT2D eigenvalue weighted by molar-refractivity contribution is 6.32. The lowest BCUT2D eigenvalue weighted by molar-refractivity contribution is -0.143. The maximum absolute atomic E-state index is 13.7. The normalized spacial score (nSPS) is 11.4. The van der Waals surface area contributed by atoms with Gasteiger partial charge in [0.25, 0.3) is 5.91 Å². The molecule has 0 aromatic heterocycles. The Balaban J connectivity index is 1.62. The zero-order valence-electron chi connectivity index (χ0n) is 20.6. The van der Waals surface area contributed by atoms with Crippen LogP contribution in [0.1, 0.15) is 28.3 Å². The predicted molar refractivity (Wildman–Crippen MR) is 146 cm³/mol. The van der Waals surface area contributed by atoms with Crippen molar-refractivity contribution in [3.63, 3.8) is 0 Å². The first kappa shape index (κ1) is 26.0. The number of rotatable bonds is 10. The standard InChI is InChI=1S/C31H29ClN2O3/c1-23-16-18-24(19-17-23)20-33-31(36)30(26-12-6-3-7-13-26)34(21-25-10-4-2-5-11-25)29(35)22-37-28-15-9-8-14-27(28)32/h2-19,30H,20-22H2,1H3,(H,33,36)/t30-/m0/s1. The third kappa shape index (κ3) is 7.21. The molecule has 0 fully saturated rings. The van der Waals surface area contributed by atoms with Crippen LogP contribution in [0.4, 0.5) is 0 Å². The van der Waals surface area contributed by atoms with Gasteiger partial charge >= 0.3 is 0 Å². The lowest BCUT2D eigenvalue weighted by Gasteiger charge is -2.31. The summed E-state index contributed by atoms with van der Waals surface area (Å²) in [7, 11) is 0. The molecule has 0 heterocycles. The highest BCUT2D eigenvalue weighted by Crippen LogP contribution is 2.26. The lowest BCUT2D eigenvalue weighted by atomic mass is 10.0. The summed E-state index contributed by atoms with van der Waals surface area (Å²) in [6.07, 6.45) is 0. The van der Waals surface area contributed by atoms with Crippen molar-refractivity contribution in [3.8, 4) is 5.75 Å². The SMILES string of the molecule is Cc1ccc(CNC(=O)[C@H](c2ccccc2)N(Cc2ccccc2)C(=O)COc2ccccc2Cl)cc1. The van der Waals surface area contributed by atoms with Crippen LogP contribution in [0.5, 0.6) is 5.75 Å². The van der Waals surface area contributed by atoms with Gasteiger partial charge < -0.3 is 15.0 Å². The fourth-order valence-corrected chi connectivity index (χ4v) is 4.18. The van der Waals surface area contributed by atoms with Crippen molar-refractivity contribution in [2.75, 3.05) is 6.61 Å². The summed E-state index contributed by atoms with van der Waals surface area (Å²) in [6, 6.07) is 33.0. The average Bonchev–Trinajstić information content (AvgIpc) is 2.93. The minimum absolute atomic E-state index is 0.239. The number of halogens is 1. The Morgan fingerprint density at radius 1 is 0.811 bits per heavy atom. The van der Waals surface area contributed by atoms with Gasteiger partial charge in [-0.3, -0.25) is 9.59 Å². The molecular formula is C31H29ClN2O3. The van der Waals surface area contributed by atoms with Crippen LogP contribution < -0.4 is 10.1 Å². The van der Waals surface area contributed by atoms with E-state index in [1.165, 1.54) is 0 Å². The number of benzene rings is 4. The second-order valence-corrected chi connectivity index (χ2v) is 9.15. The minimum Gasteiger partial charge on any atom is -0.482 e. The van der Waals surface area contributed by atoms with E-state index < -0.39 is 6.04 Å². The Morgan fingerprint density at radius 3 is 2.11 bits per heavy atom. The summed E-state index contributed by atoms with van der Waals surface area (Å²) in [6.45, 7) is 2.35. The second kappa shape index (κ2) is 12.7. The Hall–Kier alpha value is -4.09. The smallest absolute Gasteiger partial charge is 0.261 e. The molecule has 4 aromatic carbocycles. The maximum atomic E-state index is 13.7. The molecule has 1 atom stereocenters. The zero-order chi connectivity index (χ0) is 26.0. The summed E-state index contributed by atoms with van der Waals surface area (Å²) in [5, 5.41) is 3.44. The van der Waals surface area contributed by atoms with E-state index in [0.29, 0.717) is 22.9 Å². The molecule has 1 N–H and O–H groups in total. The number of ether oxygens (including phenoxy) is 1. The van der Waals surface area contributed by atoms with E-state index in [-0.39, 0.29) is 25.0 Å². The number of aryl methyl sites for hydroxylation is 1. The number of nitrogens with one attached hydrogen (secondary N) is 1. The Labute approximate surface area is 222 Å². The van der Waals surface area contributed by atoms with E-state index in [9.17, 15) is 9.59 Å². The quantitative estimate of drug-likeness (QED) is 0.279. The zero-order valence-corrected chi connectivity index (χ0v) is 21.4. The number of carbonyl (C=O) groups excluding carboxylic acids is 2. The molecule has 0 saturated carbocycles. The fourth-order valence-electron chi connectivity index (χ4n) is 3.99. The van der Waals surface area contributed by atoms with Crippen molar-refractivity contribution >= 4 is 23.4 Å². The number of nitrogens with zero attached hydrogens (tertiary/aromatic N) is 1. The van der Waals surface area contributed by atoms with Gasteiger partial charge in [0.15, 0.2) is 6.61 Å². The van der Waals surface area contributed by atoms with Gasteiger partial charge in [0, 0.05) is 13.1 Å². The van der Waals surface area contributed by atoms with Crippen molar-refractivity contribution in [1.82, 2.24) is 10.2 Å². The number of carbonyl (C=O) groups is 2. The van der Waals surface area contributed by atoms with Gasteiger partial charge in [-0.05, 0) is 35.7 Å². The molecule has 6 heteroatoms. The molecule has 0 unspecified atom stereocenters. The van der Waals surface area contributed by atoms with Gasteiger partial charge in [-0.25, -0.2) is 0 Å². The first-order chi connectivity index (χ1) is 18.0. The van der Waals surface area contributed by atoms with E-state index in [1.807, 2.05) is 91.9 Å². The molecule has 0 aliphatic rings. The molecule has 0 saturated heterocycles. The maximum Gasteiger partial charge on any atom is 0.261 e. The molecule has 0 bridgehead atoms. The van der Waals surface area contributed by atoms with Gasteiger partial charge in [0.2, 0.25) is 5.91 Å². The van der Waals surface area contributed by atoms with Crippen LogP contribution in [-0.4, -0.2) is 23.3 Å². The van der Waals surface area contributed by atoms with Crippen LogP contribution in [0, 0.1) is 6.92 Å². The van der Waals surface area contributed by atoms with E-state index in [2.05, 4.69) is 5.32 Å². The van der Waals surface area contributed by atoms with Gasteiger partial charge in [-0.15, -0.1) is 0 Å². The van der Waals surface area contributed by atoms with Crippen molar-refractivity contribution in [3.05, 3.63) is 136 Å². The molecule has 0 aliphatic carbocycles. The molecule has 0 radical (unpaired) electrons. The van der Waals surface area contributed by atoms with Gasteiger partial charge in [0.1, 0.15) is 11.8 Å². The van der Waals surface area contributed by atoms with E-state index in [1.54, 1.807) is 29.2 Å². The van der Waals surface area contributed by atoms with Gasteiger partial charge in [-0.1, -0.05) is 114 Å². The number of hydrogen-bond acceptors (Lipinski definition) is 3. The molecule has 37 heavy (non-hydrogen) atoms. The molecule has 0 aliphatic heterocycles. The molecule has 4 rings (SSSR count). The fraction of sp³-hybridized carbons (Fsp3) is 0.161. The summed E-state index contributed by atoms with van der Waals surface area (Å²) < 4.78 is 5.77. The van der Waals surface area contributed by atoms with Crippen LogP contribution in [0.15, 0.2) is 109 Å². The van der Waals surface area contributed by atoms with Crippen molar-refractivity contribution < 1.29 is 14.3 Å². The van der Waals surface area contributed by atoms with E-state index >= 15 is 0 Å². The third-order valence-corrected chi connectivity index (χ3v) is 6.28. The summed E-state index contributed by atoms with van der Waals surface area (Å²) in [4.78, 5) is 28.9. The number of hydrogen-bond donors (Lipinski definition) is 1. The van der Waals surface area contributed by atoms with E-state index in [0.717, 1.165) is 16.7 Å². The molecule has 5 nitrogen and oxygen atoms in total. The average molecular weight is 513 g/mol. The Bertz CT molecular complexity index is 1310. The Kier molecular flexibility index (Phi) is 8.95. The highest BCUT2D eigenvalue weighted by atomic mass is 35.5. The summed E-state index contributed by atoms with van der Waals surface area (Å²) in [5.41, 5.74) is 3.75. The van der Waals surface area contributed by atoms with E-state index in [4.69, 9.17) is 16.3 Å². The molecule has 188 valence electrons. The monoisotopic (exact) mass is 512 g/mol. The Morgan fingerprint density at radius 2 is 1.43 bits per heavy atom. The van der Waals surface area contributed by atoms with Crippen LogP contribution in [-0.2, 0) is 22.7 Å². The largest absolute Gasteiger partial charge is 0.482 e. The second-order valence-electron chi connectivity index (χ2n) is 8.74. The lowest BCUT2D eigenvalue weighted by Crippen LogP contribution is -2.45. The first-order valence-electron chi connectivity index (χ1n) is 12.1. The molecular weight excluding hydrogens is 484 g/mol. The van der Waals surface area contributed by atoms with Crippen molar-refractivity contribution in [2.24, 2.45) is 0 Å². The number of para-hydroxylation sites is 1. The topological polar surface area (TPSA) is 58.6 Å². The van der Waals surface area contributed by atoms with Gasteiger partial charge in [-0.2, -0.15) is 0 Å². The van der Waals surface area contributed by atoms with Crippen LogP contribution in [0.3, 0.4) is 0 Å². The predicted octanol–water partition coefficient (Wildman–Crippen LogP) is 6.11. The third-order valence-electron chi connectivity index (χ3n) is 5.97. The van der Waals surface area contributed by atoms with Crippen molar-refractivity contribution in [1.29, 1.82) is 0 Å². The molecule has 4 aromatic rings. The summed E-state index contributed by atoms with van der Waals surface area (Å²) in [5.74, 6) is -0.186. The van der Waals surface area contributed by atoms with Crippen LogP contribution in [0.25, 0.3) is 0 Å².